The van der Waals surface area contributed by atoms with Gasteiger partial charge < -0.3 is 25.0 Å². The quantitative estimate of drug-likeness (QED) is 0.198. The maximum absolute atomic E-state index is 11.4. The first kappa shape index (κ1) is 28.5. The zero-order valence-corrected chi connectivity index (χ0v) is 22.6. The number of carboxylic acids is 1. The summed E-state index contributed by atoms with van der Waals surface area (Å²) in [7, 11) is 0. The van der Waals surface area contributed by atoms with Crippen LogP contribution in [0.2, 0.25) is 5.02 Å². The molecule has 0 fully saturated rings. The number of halogens is 2. The second-order valence-electron chi connectivity index (χ2n) is 9.33. The van der Waals surface area contributed by atoms with Gasteiger partial charge in [0.15, 0.2) is 0 Å². The highest BCUT2D eigenvalue weighted by molar-refractivity contribution is 6.30. The lowest BCUT2D eigenvalue weighted by atomic mass is 9.88. The minimum atomic E-state index is -1.04. The molecule has 0 unspecified atom stereocenters. The Bertz CT molecular complexity index is 1430. The van der Waals surface area contributed by atoms with Crippen molar-refractivity contribution in [2.24, 2.45) is 0 Å². The number of aliphatic hydroxyl groups excluding tert-OH is 1. The first-order valence-corrected chi connectivity index (χ1v) is 12.9. The van der Waals surface area contributed by atoms with Crippen LogP contribution in [0.5, 0.6) is 23.0 Å². The fraction of sp³-hybridized carbons (Fsp3) is 0.194. The molecule has 3 N–H and O–H groups in total. The molecule has 8 heteroatoms. The molecule has 4 aromatic rings. The number of aliphatic hydroxyl groups is 1. The number of nitrogens with one attached hydrogen (secondary N) is 1. The Balaban J connectivity index is 0.00000353. The fourth-order valence-electron chi connectivity index (χ4n) is 4.65. The minimum Gasteiger partial charge on any atom is -0.478 e. The van der Waals surface area contributed by atoms with Gasteiger partial charge in [-0.25, -0.2) is 4.79 Å². The van der Waals surface area contributed by atoms with Crippen molar-refractivity contribution in [3.8, 4) is 23.0 Å². The number of hydrogen-bond acceptors (Lipinski definition) is 5. The minimum absolute atomic E-state index is 0. The van der Waals surface area contributed by atoms with E-state index in [0.29, 0.717) is 23.1 Å². The average molecular weight is 566 g/mol. The molecular formula is C31H29Cl2NO5. The van der Waals surface area contributed by atoms with E-state index < -0.39 is 12.1 Å². The van der Waals surface area contributed by atoms with E-state index in [1.54, 1.807) is 54.6 Å². The SMILES string of the molecule is Cl.O=C(O)c1ccccc1Oc1ccc(Oc2ccc3c(c2)C[C@@H](NC[C@H](O)c2cccc(Cl)c2)CC3)cc1. The summed E-state index contributed by atoms with van der Waals surface area (Å²) in [6.45, 7) is 0.460. The molecule has 1 aliphatic carbocycles. The lowest BCUT2D eigenvalue weighted by Crippen LogP contribution is -2.37. The van der Waals surface area contributed by atoms with Gasteiger partial charge in [-0.05, 0) is 96.6 Å². The first-order valence-electron chi connectivity index (χ1n) is 12.5. The summed E-state index contributed by atoms with van der Waals surface area (Å²) in [4.78, 5) is 11.4. The Hall–Kier alpha value is -3.55. The Labute approximate surface area is 238 Å². The van der Waals surface area contributed by atoms with Gasteiger partial charge in [0.25, 0.3) is 0 Å². The maximum Gasteiger partial charge on any atom is 0.339 e. The summed E-state index contributed by atoms with van der Waals surface area (Å²) in [5.74, 6) is 1.16. The van der Waals surface area contributed by atoms with Crippen molar-refractivity contribution in [1.82, 2.24) is 5.32 Å². The van der Waals surface area contributed by atoms with Crippen LogP contribution in [0.3, 0.4) is 0 Å². The first-order chi connectivity index (χ1) is 18.4. The average Bonchev–Trinajstić information content (AvgIpc) is 2.93. The molecule has 0 radical (unpaired) electrons. The largest absolute Gasteiger partial charge is 0.478 e. The van der Waals surface area contributed by atoms with E-state index in [4.69, 9.17) is 21.1 Å². The molecule has 1 aliphatic rings. The zero-order chi connectivity index (χ0) is 26.5. The number of hydrogen-bond donors (Lipinski definition) is 3. The van der Waals surface area contributed by atoms with E-state index in [0.717, 1.165) is 30.6 Å². The van der Waals surface area contributed by atoms with Crippen molar-refractivity contribution in [2.45, 2.75) is 31.4 Å². The molecule has 4 aromatic carbocycles. The molecule has 202 valence electrons. The second-order valence-corrected chi connectivity index (χ2v) is 9.76. The predicted octanol–water partition coefficient (Wildman–Crippen LogP) is 7.23. The van der Waals surface area contributed by atoms with Crippen LogP contribution in [0.4, 0.5) is 0 Å². The molecular weight excluding hydrogens is 537 g/mol. The highest BCUT2D eigenvalue weighted by atomic mass is 35.5. The van der Waals surface area contributed by atoms with Gasteiger partial charge in [0, 0.05) is 17.6 Å². The number of fused-ring (bicyclic) bond motifs is 1. The van der Waals surface area contributed by atoms with E-state index in [1.165, 1.54) is 17.2 Å². The number of carbonyl (C=O) groups is 1. The molecule has 6 nitrogen and oxygen atoms in total. The lowest BCUT2D eigenvalue weighted by Gasteiger charge is -2.27. The molecule has 0 spiro atoms. The molecule has 0 bridgehead atoms. The summed E-state index contributed by atoms with van der Waals surface area (Å²) in [5, 5.41) is 24.0. The van der Waals surface area contributed by atoms with Crippen LogP contribution >= 0.6 is 24.0 Å². The third kappa shape index (κ3) is 7.31. The molecule has 0 heterocycles. The van der Waals surface area contributed by atoms with E-state index >= 15 is 0 Å². The Kier molecular flexibility index (Phi) is 9.49. The van der Waals surface area contributed by atoms with Crippen LogP contribution in [0.25, 0.3) is 0 Å². The van der Waals surface area contributed by atoms with Gasteiger partial charge in [-0.15, -0.1) is 12.4 Å². The normalized spacial score (nSPS) is 15.0. The van der Waals surface area contributed by atoms with Gasteiger partial charge >= 0.3 is 5.97 Å². The lowest BCUT2D eigenvalue weighted by molar-refractivity contribution is 0.0694. The van der Waals surface area contributed by atoms with Gasteiger partial charge in [0.2, 0.25) is 0 Å². The third-order valence-corrected chi connectivity index (χ3v) is 6.88. The van der Waals surface area contributed by atoms with Gasteiger partial charge in [-0.2, -0.15) is 0 Å². The number of ether oxygens (including phenoxy) is 2. The summed E-state index contributed by atoms with van der Waals surface area (Å²) in [6.07, 6.45) is 2.20. The van der Waals surface area contributed by atoms with Crippen LogP contribution in [0, 0.1) is 0 Å². The van der Waals surface area contributed by atoms with Crippen molar-refractivity contribution in [1.29, 1.82) is 0 Å². The fourth-order valence-corrected chi connectivity index (χ4v) is 4.85. The predicted molar refractivity (Wildman–Crippen MR) is 154 cm³/mol. The Morgan fingerprint density at radius 1 is 0.897 bits per heavy atom. The van der Waals surface area contributed by atoms with Gasteiger partial charge in [-0.1, -0.05) is 41.9 Å². The zero-order valence-electron chi connectivity index (χ0n) is 21.0. The molecule has 0 saturated heterocycles. The third-order valence-electron chi connectivity index (χ3n) is 6.64. The summed E-state index contributed by atoms with van der Waals surface area (Å²) in [5.41, 5.74) is 3.45. The van der Waals surface area contributed by atoms with Crippen LogP contribution in [0.15, 0.2) is 91.0 Å². The Morgan fingerprint density at radius 2 is 1.62 bits per heavy atom. The highest BCUT2D eigenvalue weighted by Gasteiger charge is 2.20. The molecule has 2 atom stereocenters. The van der Waals surface area contributed by atoms with E-state index in [9.17, 15) is 15.0 Å². The monoisotopic (exact) mass is 565 g/mol. The highest BCUT2D eigenvalue weighted by Crippen LogP contribution is 2.31. The number of rotatable bonds is 9. The van der Waals surface area contributed by atoms with Crippen LogP contribution in [-0.2, 0) is 12.8 Å². The van der Waals surface area contributed by atoms with E-state index in [1.807, 2.05) is 18.2 Å². The molecule has 5 rings (SSSR count). The molecule has 39 heavy (non-hydrogen) atoms. The summed E-state index contributed by atoms with van der Waals surface area (Å²) >= 11 is 6.05. The van der Waals surface area contributed by atoms with Crippen molar-refractivity contribution < 1.29 is 24.5 Å². The maximum atomic E-state index is 11.4. The number of aryl methyl sites for hydroxylation is 1. The molecule has 0 amide bonds. The number of carboxylic acid groups (broad SMARTS) is 1. The van der Waals surface area contributed by atoms with Crippen molar-refractivity contribution in [3.63, 3.8) is 0 Å². The number of benzene rings is 4. The standard InChI is InChI=1S/C31H28ClNO5.ClH/c32-23-5-3-4-21(16-23)29(34)19-33-24-10-8-20-9-11-27(18-22(20)17-24)37-25-12-14-26(15-13-25)38-30-7-2-1-6-28(30)31(35)36;/h1-7,9,11-16,18,24,29,33-34H,8,10,17,19H2,(H,35,36);1H/t24-,29-;/m0./s1. The number of para-hydroxylation sites is 1. The Morgan fingerprint density at radius 3 is 2.36 bits per heavy atom. The summed E-state index contributed by atoms with van der Waals surface area (Å²) in [6, 6.07) is 27.3. The second kappa shape index (κ2) is 13.0. The summed E-state index contributed by atoms with van der Waals surface area (Å²) < 4.78 is 11.9. The molecule has 0 aliphatic heterocycles. The molecule has 0 aromatic heterocycles. The van der Waals surface area contributed by atoms with Gasteiger partial charge in [0.05, 0.1) is 6.10 Å². The topological polar surface area (TPSA) is 88.0 Å². The van der Waals surface area contributed by atoms with Crippen LogP contribution in [0.1, 0.15) is 39.6 Å². The molecule has 0 saturated carbocycles. The number of aromatic carboxylic acids is 1. The van der Waals surface area contributed by atoms with Crippen LogP contribution < -0.4 is 14.8 Å². The van der Waals surface area contributed by atoms with Crippen LogP contribution in [-0.4, -0.2) is 28.8 Å². The van der Waals surface area contributed by atoms with E-state index in [2.05, 4.69) is 17.4 Å². The van der Waals surface area contributed by atoms with Crippen molar-refractivity contribution in [3.05, 3.63) is 118 Å². The smallest absolute Gasteiger partial charge is 0.339 e. The van der Waals surface area contributed by atoms with Gasteiger partial charge in [-0.3, -0.25) is 0 Å². The van der Waals surface area contributed by atoms with Crippen molar-refractivity contribution >= 4 is 30.0 Å². The van der Waals surface area contributed by atoms with Crippen molar-refractivity contribution in [2.75, 3.05) is 6.54 Å². The van der Waals surface area contributed by atoms with Gasteiger partial charge in [0.1, 0.15) is 28.6 Å². The van der Waals surface area contributed by atoms with E-state index in [-0.39, 0.29) is 29.8 Å².